The van der Waals surface area contributed by atoms with Gasteiger partial charge in [0.15, 0.2) is 0 Å². The minimum absolute atomic E-state index is 0.0583. The lowest BCUT2D eigenvalue weighted by Crippen LogP contribution is -2.51. The average Bonchev–Trinajstić information content (AvgIpc) is 2.91. The molecule has 0 fully saturated rings. The third kappa shape index (κ3) is 7.60. The molecule has 1 N–H and O–H groups in total. The Labute approximate surface area is 214 Å². The molecule has 0 unspecified atom stereocenters. The molecule has 0 spiro atoms. The van der Waals surface area contributed by atoms with E-state index in [-0.39, 0.29) is 17.7 Å². The first-order chi connectivity index (χ1) is 17.4. The van der Waals surface area contributed by atoms with Gasteiger partial charge in [0, 0.05) is 25.4 Å². The van der Waals surface area contributed by atoms with E-state index in [0.29, 0.717) is 25.9 Å². The van der Waals surface area contributed by atoms with E-state index < -0.39 is 6.04 Å². The first-order valence-corrected chi connectivity index (χ1v) is 12.3. The third-order valence-electron chi connectivity index (χ3n) is 6.11. The van der Waals surface area contributed by atoms with Crippen LogP contribution in [0.25, 0.3) is 0 Å². The Balaban J connectivity index is 1.81. The van der Waals surface area contributed by atoms with Crippen molar-refractivity contribution in [2.45, 2.75) is 39.3 Å². The zero-order chi connectivity index (χ0) is 25.9. The molecule has 3 rings (SSSR count). The van der Waals surface area contributed by atoms with E-state index in [0.717, 1.165) is 28.2 Å². The second-order valence-corrected chi connectivity index (χ2v) is 9.06. The lowest BCUT2D eigenvalue weighted by molar-refractivity contribution is -0.143. The fourth-order valence-corrected chi connectivity index (χ4v) is 4.02. The fraction of sp³-hybridized carbons (Fsp3) is 0.333. The predicted molar refractivity (Wildman–Crippen MR) is 142 cm³/mol. The number of methoxy groups -OCH3 is 2. The van der Waals surface area contributed by atoms with Gasteiger partial charge in [0.2, 0.25) is 11.8 Å². The van der Waals surface area contributed by atoms with Crippen molar-refractivity contribution in [1.82, 2.24) is 10.2 Å². The standard InChI is InChI=1S/C30H36N2O4/c1-22(2)30(34)32(21-25-12-16-27(36-4)17-13-25)28(20-24-8-6-5-7-9-24)29(33)31-19-18-23-10-14-26(35-3)15-11-23/h5-17,22,28H,18-21H2,1-4H3,(H,31,33)/t28-/m1/s1. The molecule has 1 atom stereocenters. The van der Waals surface area contributed by atoms with E-state index >= 15 is 0 Å². The number of benzene rings is 3. The van der Waals surface area contributed by atoms with Gasteiger partial charge in [-0.25, -0.2) is 0 Å². The van der Waals surface area contributed by atoms with E-state index in [1.54, 1.807) is 19.1 Å². The highest BCUT2D eigenvalue weighted by Crippen LogP contribution is 2.19. The van der Waals surface area contributed by atoms with Gasteiger partial charge < -0.3 is 19.7 Å². The van der Waals surface area contributed by atoms with Crippen molar-refractivity contribution in [2.24, 2.45) is 5.92 Å². The smallest absolute Gasteiger partial charge is 0.243 e. The summed E-state index contributed by atoms with van der Waals surface area (Å²) in [6, 6.07) is 24.6. The summed E-state index contributed by atoms with van der Waals surface area (Å²) in [5, 5.41) is 3.07. The largest absolute Gasteiger partial charge is 0.497 e. The number of nitrogens with one attached hydrogen (secondary N) is 1. The van der Waals surface area contributed by atoms with Crippen molar-refractivity contribution >= 4 is 11.8 Å². The minimum Gasteiger partial charge on any atom is -0.497 e. The van der Waals surface area contributed by atoms with Gasteiger partial charge >= 0.3 is 0 Å². The number of hydrogen-bond donors (Lipinski definition) is 1. The minimum atomic E-state index is -0.639. The van der Waals surface area contributed by atoms with Gasteiger partial charge in [-0.15, -0.1) is 0 Å². The Morgan fingerprint density at radius 2 is 1.33 bits per heavy atom. The summed E-state index contributed by atoms with van der Waals surface area (Å²) >= 11 is 0. The average molecular weight is 489 g/mol. The van der Waals surface area contributed by atoms with Crippen LogP contribution in [0.1, 0.15) is 30.5 Å². The van der Waals surface area contributed by atoms with E-state index in [4.69, 9.17) is 9.47 Å². The van der Waals surface area contributed by atoms with Crippen molar-refractivity contribution in [2.75, 3.05) is 20.8 Å². The molecule has 6 heteroatoms. The number of ether oxygens (including phenoxy) is 2. The van der Waals surface area contributed by atoms with Crippen LogP contribution in [0, 0.1) is 5.92 Å². The first kappa shape index (κ1) is 26.8. The van der Waals surface area contributed by atoms with Gasteiger partial charge in [-0.1, -0.05) is 68.4 Å². The monoisotopic (exact) mass is 488 g/mol. The van der Waals surface area contributed by atoms with Crippen LogP contribution in [0.3, 0.4) is 0 Å². The predicted octanol–water partition coefficient (Wildman–Crippen LogP) is 4.66. The molecule has 0 aliphatic rings. The topological polar surface area (TPSA) is 67.9 Å². The third-order valence-corrected chi connectivity index (χ3v) is 6.11. The van der Waals surface area contributed by atoms with Crippen LogP contribution in [0.2, 0.25) is 0 Å². The van der Waals surface area contributed by atoms with Gasteiger partial charge in [0.1, 0.15) is 17.5 Å². The number of nitrogens with zero attached hydrogens (tertiary/aromatic N) is 1. The maximum atomic E-state index is 13.6. The lowest BCUT2D eigenvalue weighted by Gasteiger charge is -2.33. The van der Waals surface area contributed by atoms with Crippen molar-refractivity contribution in [1.29, 1.82) is 0 Å². The number of hydrogen-bond acceptors (Lipinski definition) is 4. The molecule has 0 saturated heterocycles. The quantitative estimate of drug-likeness (QED) is 0.403. The molecule has 0 heterocycles. The number of amides is 2. The number of carbonyl (C=O) groups excluding carboxylic acids is 2. The highest BCUT2D eigenvalue weighted by molar-refractivity contribution is 5.88. The second-order valence-electron chi connectivity index (χ2n) is 9.06. The summed E-state index contributed by atoms with van der Waals surface area (Å²) in [5.41, 5.74) is 3.04. The van der Waals surface area contributed by atoms with Crippen LogP contribution in [0.15, 0.2) is 78.9 Å². The first-order valence-electron chi connectivity index (χ1n) is 12.3. The Morgan fingerprint density at radius 3 is 1.86 bits per heavy atom. The van der Waals surface area contributed by atoms with Gasteiger partial charge in [0.05, 0.1) is 14.2 Å². The van der Waals surface area contributed by atoms with Crippen molar-refractivity contribution in [3.8, 4) is 11.5 Å². The van der Waals surface area contributed by atoms with E-state index in [1.807, 2.05) is 92.7 Å². The highest BCUT2D eigenvalue weighted by atomic mass is 16.5. The highest BCUT2D eigenvalue weighted by Gasteiger charge is 2.31. The van der Waals surface area contributed by atoms with E-state index in [1.165, 1.54) is 0 Å². The molecule has 6 nitrogen and oxygen atoms in total. The number of carbonyl (C=O) groups is 2. The Morgan fingerprint density at radius 1 is 0.778 bits per heavy atom. The molecule has 0 bridgehead atoms. The maximum absolute atomic E-state index is 13.6. The molecule has 3 aromatic carbocycles. The van der Waals surface area contributed by atoms with Crippen molar-refractivity contribution in [3.63, 3.8) is 0 Å². The van der Waals surface area contributed by atoms with Crippen LogP contribution in [-0.2, 0) is 29.0 Å². The summed E-state index contributed by atoms with van der Waals surface area (Å²) in [4.78, 5) is 28.6. The van der Waals surface area contributed by atoms with Gasteiger partial charge in [-0.2, -0.15) is 0 Å². The molecular formula is C30H36N2O4. The van der Waals surface area contributed by atoms with Crippen LogP contribution in [-0.4, -0.2) is 43.5 Å². The van der Waals surface area contributed by atoms with E-state index in [2.05, 4.69) is 5.32 Å². The molecule has 190 valence electrons. The van der Waals surface area contributed by atoms with Gasteiger partial charge in [-0.05, 0) is 47.4 Å². The van der Waals surface area contributed by atoms with Gasteiger partial charge in [0.25, 0.3) is 0 Å². The molecular weight excluding hydrogens is 452 g/mol. The molecule has 3 aromatic rings. The van der Waals surface area contributed by atoms with E-state index in [9.17, 15) is 9.59 Å². The molecule has 2 amide bonds. The van der Waals surface area contributed by atoms with Crippen LogP contribution >= 0.6 is 0 Å². The van der Waals surface area contributed by atoms with Crippen molar-refractivity contribution < 1.29 is 19.1 Å². The maximum Gasteiger partial charge on any atom is 0.243 e. The lowest BCUT2D eigenvalue weighted by atomic mass is 10.0. The Kier molecular flexibility index (Phi) is 9.92. The molecule has 0 saturated carbocycles. The zero-order valence-electron chi connectivity index (χ0n) is 21.6. The van der Waals surface area contributed by atoms with Crippen LogP contribution in [0.5, 0.6) is 11.5 Å². The summed E-state index contributed by atoms with van der Waals surface area (Å²) in [5.74, 6) is 1.09. The number of rotatable bonds is 12. The Hall–Kier alpha value is -3.80. The summed E-state index contributed by atoms with van der Waals surface area (Å²) in [6.45, 7) is 4.54. The molecule has 0 aromatic heterocycles. The molecule has 0 radical (unpaired) electrons. The molecule has 0 aliphatic heterocycles. The van der Waals surface area contributed by atoms with Crippen LogP contribution in [0.4, 0.5) is 0 Å². The Bertz CT molecular complexity index is 1100. The molecule has 0 aliphatic carbocycles. The normalized spacial score (nSPS) is 11.6. The summed E-state index contributed by atoms with van der Waals surface area (Å²) in [7, 11) is 3.26. The van der Waals surface area contributed by atoms with Gasteiger partial charge in [-0.3, -0.25) is 9.59 Å². The fourth-order valence-electron chi connectivity index (χ4n) is 4.02. The van der Waals surface area contributed by atoms with Crippen LogP contribution < -0.4 is 14.8 Å². The van der Waals surface area contributed by atoms with Crippen molar-refractivity contribution in [3.05, 3.63) is 95.6 Å². The second kappa shape index (κ2) is 13.3. The summed E-state index contributed by atoms with van der Waals surface area (Å²) < 4.78 is 10.5. The SMILES string of the molecule is COc1ccc(CCNC(=O)[C@@H](Cc2ccccc2)N(Cc2ccc(OC)cc2)C(=O)C(C)C)cc1. The summed E-state index contributed by atoms with van der Waals surface area (Å²) in [6.07, 6.45) is 1.12. The zero-order valence-corrected chi connectivity index (χ0v) is 21.6. The molecule has 36 heavy (non-hydrogen) atoms.